The molecular weight excluding hydrogens is 172 g/mol. The molecule has 0 fully saturated rings. The van der Waals surface area contributed by atoms with Crippen LogP contribution in [-0.4, -0.2) is 17.7 Å². The highest BCUT2D eigenvalue weighted by molar-refractivity contribution is 5.48. The average molecular weight is 190 g/mol. The lowest BCUT2D eigenvalue weighted by Gasteiger charge is -2.14. The van der Waals surface area contributed by atoms with Crippen molar-refractivity contribution in [3.05, 3.63) is 30.1 Å². The first-order chi connectivity index (χ1) is 6.77. The first-order valence-corrected chi connectivity index (χ1v) is 5.35. The highest BCUT2D eigenvalue weighted by Gasteiger charge is 2.06. The Balaban J connectivity index is 2.19. The van der Waals surface area contributed by atoms with Crippen LogP contribution in [-0.2, 0) is 0 Å². The number of rotatable bonds is 2. The van der Waals surface area contributed by atoms with Crippen LogP contribution in [0.15, 0.2) is 24.5 Å². The van der Waals surface area contributed by atoms with Crippen LogP contribution in [0.5, 0.6) is 0 Å². The molecule has 0 aliphatic carbocycles. The highest BCUT2D eigenvalue weighted by Crippen LogP contribution is 2.19. The van der Waals surface area contributed by atoms with Gasteiger partial charge in [0.05, 0.1) is 0 Å². The lowest BCUT2D eigenvalue weighted by Crippen LogP contribution is -2.21. The molecule has 2 rings (SSSR count). The Hall–Kier alpha value is -1.02. The van der Waals surface area contributed by atoms with E-state index >= 15 is 0 Å². The number of hydrogen-bond donors (Lipinski definition) is 1. The second kappa shape index (κ2) is 4.01. The van der Waals surface area contributed by atoms with Gasteiger partial charge in [-0.1, -0.05) is 19.9 Å². The van der Waals surface area contributed by atoms with Crippen molar-refractivity contribution in [3.63, 3.8) is 0 Å². The highest BCUT2D eigenvalue weighted by atomic mass is 15.0. The van der Waals surface area contributed by atoms with Gasteiger partial charge in [-0.15, -0.1) is 0 Å². The molecule has 1 aromatic heterocycles. The minimum Gasteiger partial charge on any atom is -0.328 e. The third kappa shape index (κ3) is 1.90. The topological polar surface area (TPSA) is 17.0 Å². The van der Waals surface area contributed by atoms with Gasteiger partial charge in [0, 0.05) is 37.6 Å². The SMILES string of the molecule is CC(C)c1ccn(C2=CCNCC2)c1. The maximum Gasteiger partial charge on any atom is 0.0206 e. The molecule has 0 saturated heterocycles. The normalized spacial score (nSPS) is 17.2. The van der Waals surface area contributed by atoms with Gasteiger partial charge in [-0.25, -0.2) is 0 Å². The summed E-state index contributed by atoms with van der Waals surface area (Å²) in [7, 11) is 0. The smallest absolute Gasteiger partial charge is 0.0206 e. The van der Waals surface area contributed by atoms with Crippen molar-refractivity contribution in [2.75, 3.05) is 13.1 Å². The van der Waals surface area contributed by atoms with E-state index in [0.29, 0.717) is 5.92 Å². The van der Waals surface area contributed by atoms with E-state index in [1.807, 2.05) is 0 Å². The summed E-state index contributed by atoms with van der Waals surface area (Å²) in [4.78, 5) is 0. The van der Waals surface area contributed by atoms with Crippen LogP contribution in [0.25, 0.3) is 5.70 Å². The Morgan fingerprint density at radius 3 is 2.86 bits per heavy atom. The molecule has 0 unspecified atom stereocenters. The molecule has 0 atom stereocenters. The fourth-order valence-corrected chi connectivity index (χ4v) is 1.78. The van der Waals surface area contributed by atoms with Gasteiger partial charge in [0.2, 0.25) is 0 Å². The van der Waals surface area contributed by atoms with Crippen molar-refractivity contribution in [2.45, 2.75) is 26.2 Å². The van der Waals surface area contributed by atoms with Gasteiger partial charge < -0.3 is 9.88 Å². The molecule has 2 heteroatoms. The zero-order chi connectivity index (χ0) is 9.97. The fourth-order valence-electron chi connectivity index (χ4n) is 1.78. The summed E-state index contributed by atoms with van der Waals surface area (Å²) in [5, 5.41) is 3.32. The zero-order valence-electron chi connectivity index (χ0n) is 8.96. The predicted molar refractivity (Wildman–Crippen MR) is 60.3 cm³/mol. The molecule has 1 N–H and O–H groups in total. The second-order valence-electron chi connectivity index (χ2n) is 4.16. The molecule has 0 amide bonds. The number of hydrogen-bond acceptors (Lipinski definition) is 1. The quantitative estimate of drug-likeness (QED) is 0.758. The van der Waals surface area contributed by atoms with Gasteiger partial charge in [0.15, 0.2) is 0 Å². The van der Waals surface area contributed by atoms with Crippen molar-refractivity contribution in [2.24, 2.45) is 0 Å². The van der Waals surface area contributed by atoms with Crippen LogP contribution >= 0.6 is 0 Å². The van der Waals surface area contributed by atoms with E-state index < -0.39 is 0 Å². The molecule has 2 heterocycles. The molecule has 0 radical (unpaired) electrons. The monoisotopic (exact) mass is 190 g/mol. The van der Waals surface area contributed by atoms with Crippen LogP contribution < -0.4 is 5.32 Å². The maximum atomic E-state index is 3.32. The van der Waals surface area contributed by atoms with Crippen molar-refractivity contribution in [1.29, 1.82) is 0 Å². The Kier molecular flexibility index (Phi) is 2.73. The van der Waals surface area contributed by atoms with Crippen molar-refractivity contribution in [1.82, 2.24) is 9.88 Å². The van der Waals surface area contributed by atoms with Gasteiger partial charge in [-0.3, -0.25) is 0 Å². The maximum absolute atomic E-state index is 3.32. The molecule has 1 aliphatic heterocycles. The van der Waals surface area contributed by atoms with Gasteiger partial charge in [-0.2, -0.15) is 0 Å². The molecule has 14 heavy (non-hydrogen) atoms. The van der Waals surface area contributed by atoms with E-state index in [0.717, 1.165) is 19.5 Å². The predicted octanol–water partition coefficient (Wildman–Crippen LogP) is 2.45. The largest absolute Gasteiger partial charge is 0.328 e. The van der Waals surface area contributed by atoms with Crippen LogP contribution in [0.2, 0.25) is 0 Å². The Bertz CT molecular complexity index is 334. The molecular formula is C12H18N2. The molecule has 2 nitrogen and oxygen atoms in total. The van der Waals surface area contributed by atoms with E-state index in [9.17, 15) is 0 Å². The summed E-state index contributed by atoms with van der Waals surface area (Å²) in [6, 6.07) is 2.22. The fraction of sp³-hybridized carbons (Fsp3) is 0.500. The second-order valence-corrected chi connectivity index (χ2v) is 4.16. The van der Waals surface area contributed by atoms with Crippen molar-refractivity contribution >= 4 is 5.70 Å². The van der Waals surface area contributed by atoms with Gasteiger partial charge in [0.25, 0.3) is 0 Å². The average Bonchev–Trinajstić information content (AvgIpc) is 2.68. The molecule has 0 aromatic carbocycles. The van der Waals surface area contributed by atoms with Crippen LogP contribution in [0, 0.1) is 0 Å². The van der Waals surface area contributed by atoms with Gasteiger partial charge >= 0.3 is 0 Å². The number of nitrogens with zero attached hydrogens (tertiary/aromatic N) is 1. The summed E-state index contributed by atoms with van der Waals surface area (Å²) in [5.74, 6) is 0.624. The van der Waals surface area contributed by atoms with E-state index in [1.54, 1.807) is 0 Å². The van der Waals surface area contributed by atoms with Gasteiger partial charge in [-0.05, 0) is 17.5 Å². The van der Waals surface area contributed by atoms with E-state index in [2.05, 4.69) is 48.3 Å². The van der Waals surface area contributed by atoms with E-state index in [-0.39, 0.29) is 0 Å². The van der Waals surface area contributed by atoms with Crippen LogP contribution in [0.1, 0.15) is 31.7 Å². The number of aromatic nitrogens is 1. The molecule has 0 saturated carbocycles. The molecule has 76 valence electrons. The minimum atomic E-state index is 0.624. The summed E-state index contributed by atoms with van der Waals surface area (Å²) < 4.78 is 2.26. The Morgan fingerprint density at radius 2 is 2.29 bits per heavy atom. The van der Waals surface area contributed by atoms with E-state index in [1.165, 1.54) is 11.3 Å². The lowest BCUT2D eigenvalue weighted by atomic mass is 10.1. The zero-order valence-corrected chi connectivity index (χ0v) is 8.96. The van der Waals surface area contributed by atoms with Crippen molar-refractivity contribution < 1.29 is 0 Å². The van der Waals surface area contributed by atoms with Crippen LogP contribution in [0.3, 0.4) is 0 Å². The third-order valence-corrected chi connectivity index (χ3v) is 2.75. The summed E-state index contributed by atoms with van der Waals surface area (Å²) in [5.41, 5.74) is 2.85. The Morgan fingerprint density at radius 1 is 1.43 bits per heavy atom. The molecule has 0 spiro atoms. The summed E-state index contributed by atoms with van der Waals surface area (Å²) in [6.45, 7) is 6.57. The minimum absolute atomic E-state index is 0.624. The third-order valence-electron chi connectivity index (χ3n) is 2.75. The molecule has 1 aromatic rings. The van der Waals surface area contributed by atoms with Crippen molar-refractivity contribution in [3.8, 4) is 0 Å². The summed E-state index contributed by atoms with van der Waals surface area (Å²) >= 11 is 0. The molecule has 0 bridgehead atoms. The van der Waals surface area contributed by atoms with Gasteiger partial charge in [0.1, 0.15) is 0 Å². The summed E-state index contributed by atoms with van der Waals surface area (Å²) in [6.07, 6.45) is 7.83. The molecule has 1 aliphatic rings. The first-order valence-electron chi connectivity index (χ1n) is 5.35. The first kappa shape index (κ1) is 9.53. The lowest BCUT2D eigenvalue weighted by molar-refractivity contribution is 0.717. The number of nitrogens with one attached hydrogen (secondary N) is 1. The Labute approximate surface area is 85.6 Å². The van der Waals surface area contributed by atoms with E-state index in [4.69, 9.17) is 0 Å². The van der Waals surface area contributed by atoms with Crippen LogP contribution in [0.4, 0.5) is 0 Å². The standard InChI is InChI=1S/C12H18N2/c1-10(2)11-5-8-14(9-11)12-3-6-13-7-4-12/h3,5,8-10,13H,4,6-7H2,1-2H3.